The van der Waals surface area contributed by atoms with Crippen molar-refractivity contribution < 1.29 is 19.1 Å². The molecule has 0 aliphatic heterocycles. The number of hydrogen-bond acceptors (Lipinski definition) is 4. The van der Waals surface area contributed by atoms with E-state index in [0.717, 1.165) is 17.4 Å². The summed E-state index contributed by atoms with van der Waals surface area (Å²) in [6, 6.07) is 3.83. The van der Waals surface area contributed by atoms with Crippen molar-refractivity contribution in [2.24, 2.45) is 0 Å². The highest BCUT2D eigenvalue weighted by atomic mass is 16.5. The number of rotatable bonds is 3. The van der Waals surface area contributed by atoms with E-state index in [9.17, 15) is 4.79 Å². The molecule has 18 heavy (non-hydrogen) atoms. The Morgan fingerprint density at radius 2 is 2.11 bits per heavy atom. The first-order chi connectivity index (χ1) is 8.52. The van der Waals surface area contributed by atoms with Gasteiger partial charge in [-0.1, -0.05) is 6.07 Å². The van der Waals surface area contributed by atoms with Crippen molar-refractivity contribution in [1.29, 1.82) is 0 Å². The standard InChI is InChI=1S/C13H13NO4/c1-7-4-8(2)11(17-3)9(5-7)12-14-10(6-18-12)13(15)16/h4-6H,1-3H3,(H,15,16). The number of carboxylic acids is 1. The molecule has 94 valence electrons. The van der Waals surface area contributed by atoms with Crippen molar-refractivity contribution in [2.75, 3.05) is 7.11 Å². The molecule has 0 atom stereocenters. The Morgan fingerprint density at radius 1 is 1.39 bits per heavy atom. The van der Waals surface area contributed by atoms with Crippen molar-refractivity contribution in [3.8, 4) is 17.2 Å². The van der Waals surface area contributed by atoms with Gasteiger partial charge < -0.3 is 14.3 Å². The van der Waals surface area contributed by atoms with Crippen LogP contribution < -0.4 is 4.74 Å². The fourth-order valence-corrected chi connectivity index (χ4v) is 1.88. The van der Waals surface area contributed by atoms with Gasteiger partial charge in [-0.25, -0.2) is 9.78 Å². The Labute approximate surface area is 104 Å². The summed E-state index contributed by atoms with van der Waals surface area (Å²) in [5.74, 6) is -0.233. The predicted octanol–water partition coefficient (Wildman–Crippen LogP) is 2.67. The van der Waals surface area contributed by atoms with Crippen LogP contribution in [0, 0.1) is 13.8 Å². The van der Waals surface area contributed by atoms with Gasteiger partial charge in [-0.05, 0) is 31.0 Å². The average Bonchev–Trinajstić information content (AvgIpc) is 2.77. The highest BCUT2D eigenvalue weighted by Gasteiger charge is 2.17. The highest BCUT2D eigenvalue weighted by Crippen LogP contribution is 2.33. The number of oxazole rings is 1. The molecule has 0 aliphatic carbocycles. The van der Waals surface area contributed by atoms with Crippen molar-refractivity contribution >= 4 is 5.97 Å². The second-order valence-electron chi connectivity index (χ2n) is 4.01. The first-order valence-electron chi connectivity index (χ1n) is 5.37. The van der Waals surface area contributed by atoms with Crippen molar-refractivity contribution in [3.63, 3.8) is 0 Å². The summed E-state index contributed by atoms with van der Waals surface area (Å²) in [4.78, 5) is 14.7. The lowest BCUT2D eigenvalue weighted by molar-refractivity contribution is 0.0690. The van der Waals surface area contributed by atoms with E-state index >= 15 is 0 Å². The molecule has 0 spiro atoms. The molecule has 2 rings (SSSR count). The van der Waals surface area contributed by atoms with E-state index in [4.69, 9.17) is 14.3 Å². The Morgan fingerprint density at radius 3 is 2.67 bits per heavy atom. The van der Waals surface area contributed by atoms with Crippen LogP contribution in [0.3, 0.4) is 0 Å². The van der Waals surface area contributed by atoms with E-state index in [1.165, 1.54) is 0 Å². The lowest BCUT2D eigenvalue weighted by Gasteiger charge is -2.10. The number of carbonyl (C=O) groups is 1. The molecule has 0 saturated heterocycles. The quantitative estimate of drug-likeness (QED) is 0.902. The fourth-order valence-electron chi connectivity index (χ4n) is 1.88. The monoisotopic (exact) mass is 247 g/mol. The second-order valence-corrected chi connectivity index (χ2v) is 4.01. The number of hydrogen-bond donors (Lipinski definition) is 1. The summed E-state index contributed by atoms with van der Waals surface area (Å²) < 4.78 is 10.5. The summed E-state index contributed by atoms with van der Waals surface area (Å²) in [6.07, 6.45) is 1.12. The maximum atomic E-state index is 10.8. The fraction of sp³-hybridized carbons (Fsp3) is 0.231. The van der Waals surface area contributed by atoms with Crippen LogP contribution in [0.15, 0.2) is 22.8 Å². The van der Waals surface area contributed by atoms with Crippen LogP contribution in [-0.2, 0) is 0 Å². The third-order valence-electron chi connectivity index (χ3n) is 2.58. The minimum absolute atomic E-state index is 0.119. The van der Waals surface area contributed by atoms with Gasteiger partial charge in [0, 0.05) is 0 Å². The molecule has 1 heterocycles. The molecule has 1 aromatic carbocycles. The zero-order valence-corrected chi connectivity index (χ0v) is 10.4. The van der Waals surface area contributed by atoms with Gasteiger partial charge in [0.15, 0.2) is 5.69 Å². The lowest BCUT2D eigenvalue weighted by atomic mass is 10.1. The molecule has 0 radical (unpaired) electrons. The molecule has 0 aliphatic rings. The van der Waals surface area contributed by atoms with Crippen LogP contribution in [0.25, 0.3) is 11.5 Å². The number of carboxylic acid groups (broad SMARTS) is 1. The minimum atomic E-state index is -1.12. The maximum Gasteiger partial charge on any atom is 0.357 e. The molecule has 5 nitrogen and oxygen atoms in total. The predicted molar refractivity (Wildman–Crippen MR) is 64.9 cm³/mol. The van der Waals surface area contributed by atoms with Gasteiger partial charge >= 0.3 is 5.97 Å². The number of methoxy groups -OCH3 is 1. The molecular formula is C13H13NO4. The summed E-state index contributed by atoms with van der Waals surface area (Å²) in [6.45, 7) is 3.85. The lowest BCUT2D eigenvalue weighted by Crippen LogP contribution is -1.97. The number of ether oxygens (including phenoxy) is 1. The molecule has 1 aromatic heterocycles. The third kappa shape index (κ3) is 2.07. The number of aromatic carboxylic acids is 1. The molecule has 0 bridgehead atoms. The van der Waals surface area contributed by atoms with Crippen molar-refractivity contribution in [3.05, 3.63) is 35.2 Å². The first kappa shape index (κ1) is 12.2. The molecule has 2 aromatic rings. The zero-order chi connectivity index (χ0) is 13.3. The van der Waals surface area contributed by atoms with Gasteiger partial charge in [0.25, 0.3) is 0 Å². The highest BCUT2D eigenvalue weighted by molar-refractivity contribution is 5.85. The van der Waals surface area contributed by atoms with Gasteiger partial charge in [-0.15, -0.1) is 0 Å². The van der Waals surface area contributed by atoms with Gasteiger partial charge in [-0.2, -0.15) is 0 Å². The Bertz CT molecular complexity index is 601. The Hall–Kier alpha value is -2.30. The molecule has 0 amide bonds. The Balaban J connectivity index is 2.58. The number of benzene rings is 1. The molecule has 0 unspecified atom stereocenters. The van der Waals surface area contributed by atoms with Gasteiger partial charge in [0.05, 0.1) is 12.7 Å². The van der Waals surface area contributed by atoms with E-state index in [-0.39, 0.29) is 11.6 Å². The van der Waals surface area contributed by atoms with Crippen LogP contribution in [0.4, 0.5) is 0 Å². The van der Waals surface area contributed by atoms with E-state index < -0.39 is 5.97 Å². The number of aromatic nitrogens is 1. The summed E-state index contributed by atoms with van der Waals surface area (Å²) in [7, 11) is 1.56. The second kappa shape index (κ2) is 4.52. The molecule has 1 N–H and O–H groups in total. The van der Waals surface area contributed by atoms with Crippen LogP contribution in [0.5, 0.6) is 5.75 Å². The smallest absolute Gasteiger partial charge is 0.357 e. The number of aryl methyl sites for hydroxylation is 2. The van der Waals surface area contributed by atoms with E-state index in [0.29, 0.717) is 11.3 Å². The van der Waals surface area contributed by atoms with Crippen LogP contribution in [-0.4, -0.2) is 23.2 Å². The molecular weight excluding hydrogens is 234 g/mol. The van der Waals surface area contributed by atoms with E-state index in [1.54, 1.807) is 7.11 Å². The van der Waals surface area contributed by atoms with E-state index in [1.807, 2.05) is 26.0 Å². The SMILES string of the molecule is COc1c(C)cc(C)cc1-c1nc(C(=O)O)co1. The van der Waals surface area contributed by atoms with Crippen molar-refractivity contribution in [1.82, 2.24) is 4.98 Å². The average molecular weight is 247 g/mol. The third-order valence-corrected chi connectivity index (χ3v) is 2.58. The molecule has 0 saturated carbocycles. The van der Waals surface area contributed by atoms with Crippen molar-refractivity contribution in [2.45, 2.75) is 13.8 Å². The minimum Gasteiger partial charge on any atom is -0.496 e. The molecule has 5 heteroatoms. The summed E-state index contributed by atoms with van der Waals surface area (Å²) in [5.41, 5.74) is 2.51. The van der Waals surface area contributed by atoms with Crippen LogP contribution in [0.1, 0.15) is 21.6 Å². The molecule has 0 fully saturated rings. The van der Waals surface area contributed by atoms with Gasteiger partial charge in [0.1, 0.15) is 12.0 Å². The maximum absolute atomic E-state index is 10.8. The largest absolute Gasteiger partial charge is 0.496 e. The summed E-state index contributed by atoms with van der Waals surface area (Å²) in [5, 5.41) is 8.83. The van der Waals surface area contributed by atoms with Gasteiger partial charge in [-0.3, -0.25) is 0 Å². The zero-order valence-electron chi connectivity index (χ0n) is 10.4. The Kier molecular flexibility index (Phi) is 3.06. The normalized spacial score (nSPS) is 10.4. The van der Waals surface area contributed by atoms with Crippen LogP contribution >= 0.6 is 0 Å². The first-order valence-corrected chi connectivity index (χ1v) is 5.37. The van der Waals surface area contributed by atoms with Gasteiger partial charge in [0.2, 0.25) is 5.89 Å². The summed E-state index contributed by atoms with van der Waals surface area (Å²) >= 11 is 0. The van der Waals surface area contributed by atoms with Crippen LogP contribution in [0.2, 0.25) is 0 Å². The topological polar surface area (TPSA) is 72.6 Å². The van der Waals surface area contributed by atoms with E-state index in [2.05, 4.69) is 4.98 Å². The number of nitrogens with zero attached hydrogens (tertiary/aromatic N) is 1.